The lowest BCUT2D eigenvalue weighted by atomic mass is 10.1. The maximum absolute atomic E-state index is 3.74. The van der Waals surface area contributed by atoms with Crippen LogP contribution >= 0.6 is 78.1 Å². The number of unbranched alkanes of at least 4 members (excludes halogenated alkanes) is 10. The Hall–Kier alpha value is 0.280. The Labute approximate surface area is 253 Å². The zero-order valence-corrected chi connectivity index (χ0v) is 28.2. The second-order valence-electron chi connectivity index (χ2n) is 9.30. The molecule has 0 N–H and O–H groups in total. The van der Waals surface area contributed by atoms with E-state index < -0.39 is 0 Å². The summed E-state index contributed by atoms with van der Waals surface area (Å²) in [5.41, 5.74) is 2.66. The molecule has 0 fully saturated rings. The predicted molar refractivity (Wildman–Crippen MR) is 177 cm³/mol. The molecule has 3 aromatic rings. The van der Waals surface area contributed by atoms with Gasteiger partial charge in [0.1, 0.15) is 0 Å². The van der Waals surface area contributed by atoms with E-state index in [2.05, 4.69) is 82.1 Å². The molecule has 36 heavy (non-hydrogen) atoms. The number of hydrogen-bond donors (Lipinski definition) is 0. The Balaban J connectivity index is 1.57. The highest BCUT2D eigenvalue weighted by atomic mass is 79.9. The molecule has 2 aromatic heterocycles. The number of halogens is 2. The number of thioether (sulfide) groups is 2. The van der Waals surface area contributed by atoms with Crippen LogP contribution in [0.5, 0.6) is 0 Å². The molecular formula is C30H40Br2S4. The maximum atomic E-state index is 3.74. The molecule has 0 saturated carbocycles. The van der Waals surface area contributed by atoms with Crippen molar-refractivity contribution in [3.05, 3.63) is 44.0 Å². The van der Waals surface area contributed by atoms with Crippen LogP contribution in [0.15, 0.2) is 53.8 Å². The van der Waals surface area contributed by atoms with Gasteiger partial charge in [-0.2, -0.15) is 0 Å². The van der Waals surface area contributed by atoms with Crippen molar-refractivity contribution >= 4 is 78.1 Å². The molecule has 0 aliphatic carbocycles. The Kier molecular flexibility index (Phi) is 15.2. The highest BCUT2D eigenvalue weighted by molar-refractivity contribution is 9.11. The highest BCUT2D eigenvalue weighted by Crippen LogP contribution is 2.44. The first-order chi connectivity index (χ1) is 17.6. The topological polar surface area (TPSA) is 0 Å². The first kappa shape index (κ1) is 30.8. The largest absolute Gasteiger partial charge is 0.127 e. The van der Waals surface area contributed by atoms with Gasteiger partial charge in [-0.15, -0.1) is 46.2 Å². The van der Waals surface area contributed by atoms with Crippen LogP contribution < -0.4 is 0 Å². The van der Waals surface area contributed by atoms with E-state index in [0.29, 0.717) is 0 Å². The zero-order chi connectivity index (χ0) is 25.6. The number of benzene rings is 1. The molecule has 0 atom stereocenters. The van der Waals surface area contributed by atoms with E-state index in [1.165, 1.54) is 127 Å². The summed E-state index contributed by atoms with van der Waals surface area (Å²) in [6.07, 6.45) is 16.3. The van der Waals surface area contributed by atoms with Crippen LogP contribution in [0.4, 0.5) is 0 Å². The fourth-order valence-corrected chi connectivity index (χ4v) is 10.3. The highest BCUT2D eigenvalue weighted by Gasteiger charge is 2.14. The number of hydrogen-bond acceptors (Lipinski definition) is 4. The summed E-state index contributed by atoms with van der Waals surface area (Å²) in [5, 5.41) is 0. The summed E-state index contributed by atoms with van der Waals surface area (Å²) in [6.45, 7) is 4.57. The summed E-state index contributed by atoms with van der Waals surface area (Å²) >= 11 is 15.2. The number of thiophene rings is 2. The summed E-state index contributed by atoms with van der Waals surface area (Å²) < 4.78 is 2.45. The smallest absolute Gasteiger partial charge is 0.0716 e. The van der Waals surface area contributed by atoms with Crippen molar-refractivity contribution in [2.24, 2.45) is 0 Å². The molecule has 6 heteroatoms. The Morgan fingerprint density at radius 3 is 1.31 bits per heavy atom. The third-order valence-electron chi connectivity index (χ3n) is 6.26. The maximum Gasteiger partial charge on any atom is 0.0716 e. The van der Waals surface area contributed by atoms with Crippen LogP contribution in [0.1, 0.15) is 90.9 Å². The predicted octanol–water partition coefficient (Wildman–Crippen LogP) is 13.6. The summed E-state index contributed by atoms with van der Waals surface area (Å²) in [5.74, 6) is 2.42. The summed E-state index contributed by atoms with van der Waals surface area (Å²) in [7, 11) is 0. The molecule has 1 aromatic carbocycles. The molecule has 0 spiro atoms. The lowest BCUT2D eigenvalue weighted by Crippen LogP contribution is -1.84. The van der Waals surface area contributed by atoms with Crippen LogP contribution in [0.2, 0.25) is 0 Å². The normalized spacial score (nSPS) is 11.4. The monoisotopic (exact) mass is 686 g/mol. The summed E-state index contributed by atoms with van der Waals surface area (Å²) in [6, 6.07) is 13.9. The van der Waals surface area contributed by atoms with Crippen molar-refractivity contribution in [2.75, 3.05) is 11.5 Å². The lowest BCUT2D eigenvalue weighted by molar-refractivity contribution is 0.627. The Morgan fingerprint density at radius 2 is 0.917 bits per heavy atom. The van der Waals surface area contributed by atoms with Gasteiger partial charge in [0, 0.05) is 19.5 Å². The van der Waals surface area contributed by atoms with Crippen LogP contribution in [-0.2, 0) is 0 Å². The Morgan fingerprint density at radius 1 is 0.556 bits per heavy atom. The van der Waals surface area contributed by atoms with E-state index in [0.717, 1.165) is 0 Å². The minimum atomic E-state index is 1.21. The third kappa shape index (κ3) is 10.4. The first-order valence-corrected chi connectivity index (χ1v) is 18.8. The second-order valence-corrected chi connectivity index (χ2v) is 16.4. The van der Waals surface area contributed by atoms with Gasteiger partial charge in [-0.3, -0.25) is 0 Å². The van der Waals surface area contributed by atoms with Crippen LogP contribution in [0.25, 0.3) is 20.9 Å². The van der Waals surface area contributed by atoms with Gasteiger partial charge in [0.2, 0.25) is 0 Å². The molecule has 3 rings (SSSR count). The van der Waals surface area contributed by atoms with E-state index in [-0.39, 0.29) is 0 Å². The minimum Gasteiger partial charge on any atom is -0.127 e. The Bertz CT molecular complexity index is 925. The van der Waals surface area contributed by atoms with Gasteiger partial charge < -0.3 is 0 Å². The SMILES string of the molecule is CCCCCCCCSc1cc(Br)sc1-c1ccc(-c2sc(Br)cc2SCCCCCCCC)cc1. The lowest BCUT2D eigenvalue weighted by Gasteiger charge is -2.07. The van der Waals surface area contributed by atoms with Crippen LogP contribution in [-0.4, -0.2) is 11.5 Å². The third-order valence-corrected chi connectivity index (χ3v) is 12.1. The van der Waals surface area contributed by atoms with Crippen molar-refractivity contribution in [1.82, 2.24) is 0 Å². The van der Waals surface area contributed by atoms with E-state index in [9.17, 15) is 0 Å². The van der Waals surface area contributed by atoms with Crippen molar-refractivity contribution < 1.29 is 0 Å². The zero-order valence-electron chi connectivity index (χ0n) is 21.8. The van der Waals surface area contributed by atoms with Gasteiger partial charge in [0.15, 0.2) is 0 Å². The molecule has 0 unspecified atom stereocenters. The number of rotatable bonds is 18. The molecule has 0 aliphatic heterocycles. The van der Waals surface area contributed by atoms with Crippen molar-refractivity contribution in [3.8, 4) is 20.9 Å². The van der Waals surface area contributed by atoms with Gasteiger partial charge in [-0.1, -0.05) is 102 Å². The standard InChI is InChI=1S/C30H40Br2S4/c1-3-5-7-9-11-13-19-33-25-21-27(31)35-29(25)23-15-17-24(18-16-23)30-26(22-28(32)36-30)34-20-14-12-10-8-6-4-2/h15-18,21-22H,3-14,19-20H2,1-2H3. The van der Waals surface area contributed by atoms with E-state index in [1.54, 1.807) is 0 Å². The van der Waals surface area contributed by atoms with Gasteiger partial charge in [-0.05, 0) is 79.5 Å². The molecule has 0 amide bonds. The molecule has 0 nitrogen and oxygen atoms in total. The second kappa shape index (κ2) is 17.8. The minimum absolute atomic E-state index is 1.21. The van der Waals surface area contributed by atoms with Gasteiger partial charge in [0.05, 0.1) is 7.57 Å². The van der Waals surface area contributed by atoms with Gasteiger partial charge >= 0.3 is 0 Å². The van der Waals surface area contributed by atoms with Crippen LogP contribution in [0, 0.1) is 0 Å². The van der Waals surface area contributed by atoms with Crippen molar-refractivity contribution in [1.29, 1.82) is 0 Å². The molecular weight excluding hydrogens is 648 g/mol. The molecule has 198 valence electrons. The quantitative estimate of drug-likeness (QED) is 0.0964. The fraction of sp³-hybridized carbons (Fsp3) is 0.533. The van der Waals surface area contributed by atoms with Gasteiger partial charge in [-0.25, -0.2) is 0 Å². The first-order valence-electron chi connectivity index (χ1n) is 13.6. The van der Waals surface area contributed by atoms with Crippen molar-refractivity contribution in [2.45, 2.75) is 101 Å². The van der Waals surface area contributed by atoms with E-state index in [4.69, 9.17) is 0 Å². The van der Waals surface area contributed by atoms with Crippen LogP contribution in [0.3, 0.4) is 0 Å². The molecule has 2 heterocycles. The fourth-order valence-electron chi connectivity index (χ4n) is 4.21. The average Bonchev–Trinajstić information content (AvgIpc) is 3.44. The van der Waals surface area contributed by atoms with E-state index >= 15 is 0 Å². The van der Waals surface area contributed by atoms with Crippen molar-refractivity contribution in [3.63, 3.8) is 0 Å². The molecule has 0 saturated heterocycles. The van der Waals surface area contributed by atoms with E-state index in [1.807, 2.05) is 46.2 Å². The molecule has 0 radical (unpaired) electrons. The molecule has 0 aliphatic rings. The summed E-state index contributed by atoms with van der Waals surface area (Å²) in [4.78, 5) is 5.63. The average molecular weight is 689 g/mol. The van der Waals surface area contributed by atoms with Gasteiger partial charge in [0.25, 0.3) is 0 Å². The molecule has 0 bridgehead atoms.